The summed E-state index contributed by atoms with van der Waals surface area (Å²) >= 11 is 1.17. The molecule has 1 atom stereocenters. The van der Waals surface area contributed by atoms with Crippen LogP contribution in [0.4, 0.5) is 0 Å². The minimum Gasteiger partial charge on any atom is -0.489 e. The van der Waals surface area contributed by atoms with Gasteiger partial charge in [-0.05, 0) is 106 Å². The van der Waals surface area contributed by atoms with Crippen LogP contribution in [0.1, 0.15) is 52.3 Å². The zero-order valence-electron chi connectivity index (χ0n) is 22.1. The van der Waals surface area contributed by atoms with Crippen molar-refractivity contribution in [1.29, 1.82) is 0 Å². The van der Waals surface area contributed by atoms with Crippen molar-refractivity contribution in [1.82, 2.24) is 4.98 Å². The summed E-state index contributed by atoms with van der Waals surface area (Å²) in [6, 6.07) is 4.15. The molecular weight excluding hydrogens is 470 g/mol. The molecule has 0 radical (unpaired) electrons. The first kappa shape index (κ1) is 25.8. The second-order valence-corrected chi connectivity index (χ2v) is 11.0. The van der Waals surface area contributed by atoms with Gasteiger partial charge in [0, 0.05) is 5.56 Å². The third kappa shape index (κ3) is 5.00. The van der Waals surface area contributed by atoms with Crippen molar-refractivity contribution in [3.8, 4) is 17.2 Å². The minimum absolute atomic E-state index is 0.0944. The normalized spacial score (nSPS) is 17.4. The highest BCUT2D eigenvalue weighted by Gasteiger charge is 2.36. The zero-order chi connectivity index (χ0) is 26.2. The molecule has 36 heavy (non-hydrogen) atoms. The van der Waals surface area contributed by atoms with Crippen LogP contribution in [0.25, 0.3) is 12.7 Å². The first-order chi connectivity index (χ1) is 17.0. The third-order valence-corrected chi connectivity index (χ3v) is 7.84. The van der Waals surface area contributed by atoms with Gasteiger partial charge in [0.2, 0.25) is 0 Å². The molecule has 0 bridgehead atoms. The topological polar surface area (TPSA) is 60.5 Å². The van der Waals surface area contributed by atoms with Crippen molar-refractivity contribution in [2.24, 2.45) is 0 Å². The van der Waals surface area contributed by atoms with E-state index in [9.17, 15) is 4.79 Å². The number of nitrogens with one attached hydrogen (secondary N) is 1. The van der Waals surface area contributed by atoms with Crippen LogP contribution in [0.2, 0.25) is 0 Å². The molecule has 4 rings (SSSR count). The van der Waals surface area contributed by atoms with E-state index in [-0.39, 0.29) is 4.87 Å². The van der Waals surface area contributed by atoms with Gasteiger partial charge in [0.25, 0.3) is 0 Å². The molecular formula is C30H35NO4S. The number of hydrogen-bond donors (Lipinski definition) is 1. The van der Waals surface area contributed by atoms with E-state index in [0.717, 1.165) is 68.0 Å². The van der Waals surface area contributed by atoms with Crippen LogP contribution < -0.4 is 29.0 Å². The summed E-state index contributed by atoms with van der Waals surface area (Å²) < 4.78 is 19.9. The molecule has 3 aromatic rings. The number of H-pyrrole nitrogens is 1. The van der Waals surface area contributed by atoms with Crippen LogP contribution in [0.5, 0.6) is 17.2 Å². The first-order valence-electron chi connectivity index (χ1n) is 12.2. The summed E-state index contributed by atoms with van der Waals surface area (Å²) in [4.78, 5) is 14.2. The van der Waals surface area contributed by atoms with E-state index in [1.165, 1.54) is 16.9 Å². The van der Waals surface area contributed by atoms with Gasteiger partial charge in [-0.25, -0.2) is 0 Å². The van der Waals surface area contributed by atoms with E-state index < -0.39 is 5.60 Å². The molecule has 2 heterocycles. The van der Waals surface area contributed by atoms with Crippen molar-refractivity contribution in [2.45, 2.75) is 60.0 Å². The Morgan fingerprint density at radius 1 is 1.08 bits per heavy atom. The Bertz CT molecular complexity index is 1470. The lowest BCUT2D eigenvalue weighted by atomic mass is 9.87. The Balaban J connectivity index is 1.56. The van der Waals surface area contributed by atoms with Crippen molar-refractivity contribution in [2.75, 3.05) is 13.2 Å². The molecule has 0 fully saturated rings. The van der Waals surface area contributed by atoms with E-state index in [2.05, 4.69) is 58.0 Å². The molecule has 2 aromatic carbocycles. The molecule has 1 aliphatic rings. The molecule has 0 amide bonds. The van der Waals surface area contributed by atoms with Gasteiger partial charge < -0.3 is 19.2 Å². The highest BCUT2D eigenvalue weighted by atomic mass is 32.1. The fourth-order valence-corrected chi connectivity index (χ4v) is 5.64. The third-order valence-electron chi connectivity index (χ3n) is 6.96. The average Bonchev–Trinajstić information content (AvgIpc) is 3.13. The van der Waals surface area contributed by atoms with Gasteiger partial charge in [0.05, 0.1) is 9.88 Å². The summed E-state index contributed by atoms with van der Waals surface area (Å²) in [7, 11) is 0. The summed E-state index contributed by atoms with van der Waals surface area (Å²) in [6.07, 6.45) is 5.52. The van der Waals surface area contributed by atoms with Crippen LogP contribution in [0.15, 0.2) is 29.6 Å². The Kier molecular flexibility index (Phi) is 7.19. The lowest BCUT2D eigenvalue weighted by molar-refractivity contribution is 0.0162. The van der Waals surface area contributed by atoms with Crippen molar-refractivity contribution < 1.29 is 14.2 Å². The number of fused-ring (bicyclic) bond motifs is 1. The van der Waals surface area contributed by atoms with Gasteiger partial charge in [0.15, 0.2) is 0 Å². The molecule has 0 saturated heterocycles. The summed E-state index contributed by atoms with van der Waals surface area (Å²) in [5.74, 6) is 2.77. The minimum atomic E-state index is -0.441. The van der Waals surface area contributed by atoms with Gasteiger partial charge in [-0.3, -0.25) is 4.79 Å². The number of aromatic amines is 1. The molecule has 0 saturated carbocycles. The second kappa shape index (κ2) is 10.0. The van der Waals surface area contributed by atoms with Crippen molar-refractivity contribution >= 4 is 24.0 Å². The molecule has 190 valence electrons. The molecule has 1 unspecified atom stereocenters. The Morgan fingerprint density at radius 3 is 2.39 bits per heavy atom. The molecule has 0 aliphatic carbocycles. The molecule has 6 heteroatoms. The van der Waals surface area contributed by atoms with Crippen molar-refractivity contribution in [3.63, 3.8) is 0 Å². The van der Waals surface area contributed by atoms with E-state index >= 15 is 0 Å². The average molecular weight is 506 g/mol. The second-order valence-electron chi connectivity index (χ2n) is 9.94. The van der Waals surface area contributed by atoms with Crippen molar-refractivity contribution in [3.05, 3.63) is 83.3 Å². The van der Waals surface area contributed by atoms with Gasteiger partial charge in [-0.15, -0.1) is 0 Å². The molecule has 1 aliphatic heterocycles. The summed E-state index contributed by atoms with van der Waals surface area (Å²) in [5.41, 5.74) is 7.25. The van der Waals surface area contributed by atoms with Gasteiger partial charge >= 0.3 is 4.87 Å². The van der Waals surface area contributed by atoms with Crippen LogP contribution >= 0.6 is 11.3 Å². The zero-order valence-corrected chi connectivity index (χ0v) is 22.9. The predicted molar refractivity (Wildman–Crippen MR) is 148 cm³/mol. The fourth-order valence-electron chi connectivity index (χ4n) is 4.90. The SMILES string of the molecule is C=CCOc1c(C)c(C)c2c(c1C)CCC(C)(COc1c(C)cc(/C=c3\sc(=O)[nH]c3=C)cc1C)O2. The maximum absolute atomic E-state index is 11.6. The highest BCUT2D eigenvalue weighted by molar-refractivity contribution is 7.07. The molecule has 1 N–H and O–H groups in total. The summed E-state index contributed by atoms with van der Waals surface area (Å²) in [6.45, 7) is 21.1. The van der Waals surface area contributed by atoms with E-state index in [1.807, 2.05) is 19.9 Å². The first-order valence-corrected chi connectivity index (χ1v) is 13.0. The number of benzene rings is 2. The number of ether oxygens (including phenoxy) is 3. The lowest BCUT2D eigenvalue weighted by Gasteiger charge is -2.38. The molecule has 1 aromatic heterocycles. The summed E-state index contributed by atoms with van der Waals surface area (Å²) in [5, 5.41) is 0.642. The van der Waals surface area contributed by atoms with Gasteiger partial charge in [-0.1, -0.05) is 30.6 Å². The monoisotopic (exact) mass is 505 g/mol. The smallest absolute Gasteiger partial charge is 0.305 e. The Labute approximate surface area is 216 Å². The highest BCUT2D eigenvalue weighted by Crippen LogP contribution is 2.44. The van der Waals surface area contributed by atoms with E-state index in [1.54, 1.807) is 6.08 Å². The number of aromatic nitrogens is 1. The van der Waals surface area contributed by atoms with Crippen LogP contribution in [0.3, 0.4) is 0 Å². The molecule has 5 nitrogen and oxygen atoms in total. The number of hydrogen-bond acceptors (Lipinski definition) is 5. The van der Waals surface area contributed by atoms with E-state index in [0.29, 0.717) is 18.6 Å². The van der Waals surface area contributed by atoms with Gasteiger partial charge in [-0.2, -0.15) is 0 Å². The van der Waals surface area contributed by atoms with Crippen LogP contribution in [0, 0.1) is 34.6 Å². The molecule has 0 spiro atoms. The standard InChI is InChI=1S/C30H35NO4S/c1-9-12-33-27-19(4)20(5)28-24(21(27)6)10-11-30(8,35-28)16-34-26-17(2)13-23(14-18(26)3)15-25-22(7)31-29(32)36-25/h9,13-15H,1,7,10-12,16H2,2-6,8H3,(H,31,32)/b25-15-. The number of aryl methyl sites for hydroxylation is 2. The Hall–Kier alpha value is -3.25. The number of rotatable bonds is 7. The van der Waals surface area contributed by atoms with Gasteiger partial charge in [0.1, 0.15) is 36.1 Å². The fraction of sp³-hybridized carbons (Fsp3) is 0.367. The largest absolute Gasteiger partial charge is 0.489 e. The van der Waals surface area contributed by atoms with E-state index in [4.69, 9.17) is 14.2 Å². The lowest BCUT2D eigenvalue weighted by Crippen LogP contribution is -2.42. The number of thiazole rings is 1. The quantitative estimate of drug-likeness (QED) is 0.462. The van der Waals surface area contributed by atoms with Crippen LogP contribution in [-0.4, -0.2) is 23.8 Å². The predicted octanol–water partition coefficient (Wildman–Crippen LogP) is 4.95. The maximum Gasteiger partial charge on any atom is 0.305 e. The maximum atomic E-state index is 11.6. The Morgan fingerprint density at radius 2 is 1.78 bits per heavy atom. The van der Waals surface area contributed by atoms with Crippen LogP contribution in [-0.2, 0) is 6.42 Å².